The fourth-order valence-corrected chi connectivity index (χ4v) is 2.58. The molecule has 144 valence electrons. The van der Waals surface area contributed by atoms with Gasteiger partial charge < -0.3 is 14.6 Å². The molecule has 1 amide bonds. The molecule has 1 N–H and O–H groups in total. The molecular formula is C19H17N3O6. The number of non-ortho nitro benzene ring substituents is 1. The predicted molar refractivity (Wildman–Crippen MR) is 102 cm³/mol. The van der Waals surface area contributed by atoms with E-state index in [0.717, 1.165) is 5.01 Å². The van der Waals surface area contributed by atoms with Gasteiger partial charge in [-0.1, -0.05) is 0 Å². The second-order valence-electron chi connectivity index (χ2n) is 5.71. The van der Waals surface area contributed by atoms with Gasteiger partial charge in [-0.2, -0.15) is 5.01 Å². The van der Waals surface area contributed by atoms with Crippen molar-refractivity contribution in [3.05, 3.63) is 63.7 Å². The van der Waals surface area contributed by atoms with Gasteiger partial charge in [0.1, 0.15) is 17.1 Å². The van der Waals surface area contributed by atoms with Crippen molar-refractivity contribution in [2.45, 2.75) is 6.92 Å². The van der Waals surface area contributed by atoms with Gasteiger partial charge in [0.05, 0.1) is 24.3 Å². The second-order valence-corrected chi connectivity index (χ2v) is 5.71. The van der Waals surface area contributed by atoms with Gasteiger partial charge >= 0.3 is 0 Å². The summed E-state index contributed by atoms with van der Waals surface area (Å²) in [6.45, 7) is 2.03. The predicted octanol–water partition coefficient (Wildman–Crippen LogP) is 3.09. The molecule has 0 atom stereocenters. The highest BCUT2D eigenvalue weighted by Crippen LogP contribution is 2.30. The number of rotatable bonds is 5. The van der Waals surface area contributed by atoms with Crippen LogP contribution in [0.3, 0.4) is 0 Å². The summed E-state index contributed by atoms with van der Waals surface area (Å²) >= 11 is 0. The second kappa shape index (κ2) is 7.78. The lowest BCUT2D eigenvalue weighted by Gasteiger charge is -2.10. The molecule has 1 aliphatic rings. The lowest BCUT2D eigenvalue weighted by molar-refractivity contribution is -0.384. The normalized spacial score (nSPS) is 14.9. The Morgan fingerprint density at radius 2 is 1.96 bits per heavy atom. The van der Waals surface area contributed by atoms with Crippen LogP contribution in [0, 0.1) is 10.1 Å². The van der Waals surface area contributed by atoms with Crippen LogP contribution in [0.4, 0.5) is 11.4 Å². The molecule has 0 unspecified atom stereocenters. The summed E-state index contributed by atoms with van der Waals surface area (Å²) < 4.78 is 10.6. The van der Waals surface area contributed by atoms with E-state index in [1.165, 1.54) is 43.5 Å². The number of aromatic hydroxyl groups is 1. The molecule has 9 nitrogen and oxygen atoms in total. The number of hydrogen-bond acceptors (Lipinski definition) is 7. The molecule has 0 aromatic heterocycles. The molecule has 0 bridgehead atoms. The van der Waals surface area contributed by atoms with E-state index in [1.54, 1.807) is 19.1 Å². The number of nitro groups is 1. The Morgan fingerprint density at radius 3 is 2.57 bits per heavy atom. The Balaban J connectivity index is 2.00. The Kier molecular flexibility index (Phi) is 5.25. The van der Waals surface area contributed by atoms with E-state index in [1.807, 2.05) is 0 Å². The Labute approximate surface area is 160 Å². The quantitative estimate of drug-likeness (QED) is 0.482. The van der Waals surface area contributed by atoms with Crippen LogP contribution in [0.5, 0.6) is 11.5 Å². The minimum Gasteiger partial charge on any atom is -0.507 e. The first-order valence-electron chi connectivity index (χ1n) is 8.34. The number of hydrazone groups is 1. The third-order valence-electron chi connectivity index (χ3n) is 3.96. The van der Waals surface area contributed by atoms with Gasteiger partial charge in [-0.15, -0.1) is 5.10 Å². The third-order valence-corrected chi connectivity index (χ3v) is 3.96. The number of hydrogen-bond donors (Lipinski definition) is 1. The van der Waals surface area contributed by atoms with Crippen molar-refractivity contribution in [2.24, 2.45) is 5.10 Å². The highest BCUT2D eigenvalue weighted by molar-refractivity contribution is 6.30. The molecule has 2 aromatic rings. The maximum atomic E-state index is 12.9. The molecule has 9 heteroatoms. The van der Waals surface area contributed by atoms with E-state index in [4.69, 9.17) is 9.47 Å². The van der Waals surface area contributed by atoms with Crippen molar-refractivity contribution in [1.82, 2.24) is 0 Å². The summed E-state index contributed by atoms with van der Waals surface area (Å²) in [7, 11) is 1.49. The van der Waals surface area contributed by atoms with Gasteiger partial charge in [0.2, 0.25) is 5.90 Å². The monoisotopic (exact) mass is 383 g/mol. The van der Waals surface area contributed by atoms with E-state index >= 15 is 0 Å². The number of ether oxygens (including phenoxy) is 2. The first kappa shape index (κ1) is 18.9. The molecule has 0 aliphatic carbocycles. The molecule has 0 saturated heterocycles. The number of anilines is 1. The summed E-state index contributed by atoms with van der Waals surface area (Å²) in [4.78, 5) is 23.2. The van der Waals surface area contributed by atoms with Crippen LogP contribution in [0.1, 0.15) is 12.5 Å². The lowest BCUT2D eigenvalue weighted by atomic mass is 10.1. The van der Waals surface area contributed by atoms with E-state index in [9.17, 15) is 20.0 Å². The molecule has 3 rings (SSSR count). The number of nitro benzene ring substituents is 1. The molecule has 0 fully saturated rings. The van der Waals surface area contributed by atoms with Crippen molar-refractivity contribution in [2.75, 3.05) is 18.7 Å². The third kappa shape index (κ3) is 3.63. The van der Waals surface area contributed by atoms with E-state index in [0.29, 0.717) is 17.0 Å². The SMILES string of the molecule is CCOC1=NN(c2ccc([N+](=O)[O-])cc2)C(=O)/C1=C/c1cc(OC)ccc1O. The standard InChI is InChI=1S/C19H17N3O6/c1-3-28-18-16(11-12-10-15(27-2)8-9-17(12)23)19(24)21(20-18)13-4-6-14(7-5-13)22(25)26/h4-11,23H,3H2,1-2H3/b16-11+. The van der Waals surface area contributed by atoms with Crippen LogP contribution in [0.2, 0.25) is 0 Å². The first-order chi connectivity index (χ1) is 13.4. The van der Waals surface area contributed by atoms with Crippen molar-refractivity contribution >= 4 is 29.3 Å². The number of methoxy groups -OCH3 is 1. The minimum absolute atomic E-state index is 0.0364. The lowest BCUT2D eigenvalue weighted by Crippen LogP contribution is -2.21. The molecule has 0 saturated carbocycles. The molecule has 2 aromatic carbocycles. The number of nitrogens with zero attached hydrogens (tertiary/aromatic N) is 3. The van der Waals surface area contributed by atoms with Crippen LogP contribution in [0.25, 0.3) is 6.08 Å². The van der Waals surface area contributed by atoms with E-state index in [-0.39, 0.29) is 29.5 Å². The van der Waals surface area contributed by atoms with Crippen molar-refractivity contribution in [3.8, 4) is 11.5 Å². The smallest absolute Gasteiger partial charge is 0.284 e. The fourth-order valence-electron chi connectivity index (χ4n) is 2.58. The molecule has 1 aliphatic heterocycles. The maximum Gasteiger partial charge on any atom is 0.284 e. The van der Waals surface area contributed by atoms with Crippen LogP contribution >= 0.6 is 0 Å². The maximum absolute atomic E-state index is 12.9. The summed E-state index contributed by atoms with van der Waals surface area (Å²) in [6, 6.07) is 10.0. The summed E-state index contributed by atoms with van der Waals surface area (Å²) in [5, 5.41) is 26.2. The molecule has 1 heterocycles. The molecule has 0 radical (unpaired) electrons. The minimum atomic E-state index is -0.526. The number of phenolic OH excluding ortho intramolecular Hbond substituents is 1. The largest absolute Gasteiger partial charge is 0.507 e. The van der Waals surface area contributed by atoms with Crippen molar-refractivity contribution in [1.29, 1.82) is 0 Å². The van der Waals surface area contributed by atoms with Crippen LogP contribution in [-0.4, -0.2) is 35.6 Å². The van der Waals surface area contributed by atoms with Crippen molar-refractivity contribution < 1.29 is 24.3 Å². The van der Waals surface area contributed by atoms with Gasteiger partial charge in [-0.3, -0.25) is 14.9 Å². The highest BCUT2D eigenvalue weighted by atomic mass is 16.6. The zero-order chi connectivity index (χ0) is 20.3. The number of carbonyl (C=O) groups is 1. The van der Waals surface area contributed by atoms with E-state index < -0.39 is 10.8 Å². The van der Waals surface area contributed by atoms with Crippen molar-refractivity contribution in [3.63, 3.8) is 0 Å². The van der Waals surface area contributed by atoms with Gasteiger partial charge in [0.15, 0.2) is 0 Å². The number of amides is 1. The Bertz CT molecular complexity index is 982. The zero-order valence-electron chi connectivity index (χ0n) is 15.2. The van der Waals surface area contributed by atoms with Crippen LogP contribution in [0.15, 0.2) is 53.1 Å². The summed E-state index contributed by atoms with van der Waals surface area (Å²) in [5.74, 6) is 0.0792. The van der Waals surface area contributed by atoms with Crippen LogP contribution < -0.4 is 9.75 Å². The van der Waals surface area contributed by atoms with Crippen LogP contribution in [-0.2, 0) is 9.53 Å². The Morgan fingerprint density at radius 1 is 1.25 bits per heavy atom. The average Bonchev–Trinajstić information content (AvgIpc) is 2.99. The highest BCUT2D eigenvalue weighted by Gasteiger charge is 2.33. The van der Waals surface area contributed by atoms with Gasteiger partial charge in [-0.05, 0) is 43.3 Å². The Hall–Kier alpha value is -3.88. The molecular weight excluding hydrogens is 366 g/mol. The van der Waals surface area contributed by atoms with Gasteiger partial charge in [0.25, 0.3) is 11.6 Å². The number of phenols is 1. The topological polar surface area (TPSA) is 114 Å². The average molecular weight is 383 g/mol. The van der Waals surface area contributed by atoms with Gasteiger partial charge in [0, 0.05) is 17.7 Å². The first-order valence-corrected chi connectivity index (χ1v) is 8.34. The number of benzene rings is 2. The fraction of sp³-hybridized carbons (Fsp3) is 0.158. The van der Waals surface area contributed by atoms with Gasteiger partial charge in [-0.25, -0.2) is 0 Å². The molecule has 28 heavy (non-hydrogen) atoms. The summed E-state index contributed by atoms with van der Waals surface area (Å²) in [5.41, 5.74) is 0.761. The molecule has 0 spiro atoms. The van der Waals surface area contributed by atoms with E-state index in [2.05, 4.69) is 5.10 Å². The zero-order valence-corrected chi connectivity index (χ0v) is 15.2. The summed E-state index contributed by atoms with van der Waals surface area (Å²) in [6.07, 6.45) is 1.46. The number of carbonyl (C=O) groups excluding carboxylic acids is 1.